The van der Waals surface area contributed by atoms with Gasteiger partial charge in [-0.15, -0.1) is 0 Å². The average molecular weight is 408 g/mol. The molecule has 0 aromatic heterocycles. The molecule has 7 heteroatoms. The van der Waals surface area contributed by atoms with Crippen LogP contribution in [-0.4, -0.2) is 33.8 Å². The molecule has 0 radical (unpaired) electrons. The molecule has 154 valence electrons. The van der Waals surface area contributed by atoms with E-state index in [9.17, 15) is 20.4 Å². The summed E-state index contributed by atoms with van der Waals surface area (Å²) in [5.74, 6) is 0.221. The van der Waals surface area contributed by atoms with E-state index in [1.807, 2.05) is 24.3 Å². The Bertz CT molecular complexity index is 1130. The summed E-state index contributed by atoms with van der Waals surface area (Å²) in [6, 6.07) is 12.0. The maximum atomic E-state index is 10.1. The molecule has 0 saturated carbocycles. The van der Waals surface area contributed by atoms with Crippen molar-refractivity contribution in [2.45, 2.75) is 18.8 Å². The summed E-state index contributed by atoms with van der Waals surface area (Å²) in [4.78, 5) is 0. The van der Waals surface area contributed by atoms with Gasteiger partial charge in [0.25, 0.3) is 0 Å². The van der Waals surface area contributed by atoms with Crippen molar-refractivity contribution in [3.63, 3.8) is 0 Å². The largest absolute Gasteiger partial charge is 0.508 e. The van der Waals surface area contributed by atoms with Crippen molar-refractivity contribution in [2.24, 2.45) is 0 Å². The van der Waals surface area contributed by atoms with Gasteiger partial charge in [-0.3, -0.25) is 0 Å². The van der Waals surface area contributed by atoms with Crippen LogP contribution in [-0.2, 0) is 0 Å². The Morgan fingerprint density at radius 1 is 0.767 bits per heavy atom. The van der Waals surface area contributed by atoms with Gasteiger partial charge >= 0.3 is 0 Å². The number of phenols is 4. The SMILES string of the molecule is Cc1c(O)ccc2c1OCC(c1cc(O)c(O)c(O)c1)C2c1ccc2c(c1)OCO2. The maximum Gasteiger partial charge on any atom is 0.231 e. The van der Waals surface area contributed by atoms with Crippen LogP contribution in [0.25, 0.3) is 0 Å². The summed E-state index contributed by atoms with van der Waals surface area (Å²) in [5, 5.41) is 40.0. The van der Waals surface area contributed by atoms with Gasteiger partial charge < -0.3 is 34.6 Å². The molecule has 7 nitrogen and oxygen atoms in total. The highest BCUT2D eigenvalue weighted by Gasteiger charge is 2.36. The van der Waals surface area contributed by atoms with Gasteiger partial charge in [0.1, 0.15) is 11.5 Å². The number of aromatic hydroxyl groups is 4. The highest BCUT2D eigenvalue weighted by molar-refractivity contribution is 5.59. The summed E-state index contributed by atoms with van der Waals surface area (Å²) in [5.41, 5.74) is 3.06. The summed E-state index contributed by atoms with van der Waals surface area (Å²) in [6.45, 7) is 2.21. The maximum absolute atomic E-state index is 10.1. The Kier molecular flexibility index (Phi) is 4.06. The van der Waals surface area contributed by atoms with Crippen LogP contribution in [0.2, 0.25) is 0 Å². The van der Waals surface area contributed by atoms with Gasteiger partial charge in [0.2, 0.25) is 6.79 Å². The second kappa shape index (κ2) is 6.66. The number of fused-ring (bicyclic) bond motifs is 2. The molecule has 0 spiro atoms. The van der Waals surface area contributed by atoms with Crippen LogP contribution in [0.15, 0.2) is 42.5 Å². The van der Waals surface area contributed by atoms with E-state index >= 15 is 0 Å². The van der Waals surface area contributed by atoms with Crippen molar-refractivity contribution in [1.82, 2.24) is 0 Å². The second-order valence-corrected chi connectivity index (χ2v) is 7.54. The van der Waals surface area contributed by atoms with E-state index in [1.165, 1.54) is 12.1 Å². The molecule has 3 aromatic rings. The van der Waals surface area contributed by atoms with Crippen LogP contribution < -0.4 is 14.2 Å². The van der Waals surface area contributed by atoms with Crippen molar-refractivity contribution in [1.29, 1.82) is 0 Å². The number of phenolic OH excluding ortho intramolecular Hbond substituents is 4. The number of hydrogen-bond donors (Lipinski definition) is 4. The minimum absolute atomic E-state index is 0.150. The number of hydrogen-bond acceptors (Lipinski definition) is 7. The molecule has 2 unspecified atom stereocenters. The van der Waals surface area contributed by atoms with Gasteiger partial charge in [-0.2, -0.15) is 0 Å². The predicted molar refractivity (Wildman–Crippen MR) is 107 cm³/mol. The molecule has 2 heterocycles. The standard InChI is InChI=1S/C23H20O7/c1-11-16(24)4-3-14-21(12-2-5-19-20(8-12)30-10-29-19)15(9-28-23(11)14)13-6-17(25)22(27)18(26)7-13/h2-8,15,21,24-27H,9-10H2,1H3. The second-order valence-electron chi connectivity index (χ2n) is 7.54. The normalized spacial score (nSPS) is 19.2. The Hall–Kier alpha value is -3.74. The first-order chi connectivity index (χ1) is 14.4. The van der Waals surface area contributed by atoms with E-state index in [0.29, 0.717) is 28.4 Å². The third kappa shape index (κ3) is 2.74. The zero-order valence-corrected chi connectivity index (χ0v) is 16.1. The quantitative estimate of drug-likeness (QED) is 0.477. The van der Waals surface area contributed by atoms with E-state index < -0.39 is 17.2 Å². The Labute approximate surface area is 172 Å². The average Bonchev–Trinajstić information content (AvgIpc) is 3.21. The van der Waals surface area contributed by atoms with Crippen molar-refractivity contribution < 1.29 is 34.6 Å². The molecule has 5 rings (SSSR count). The number of benzene rings is 3. The lowest BCUT2D eigenvalue weighted by Gasteiger charge is -2.35. The molecule has 4 N–H and O–H groups in total. The number of ether oxygens (including phenoxy) is 3. The lowest BCUT2D eigenvalue weighted by molar-refractivity contribution is 0.174. The van der Waals surface area contributed by atoms with Crippen LogP contribution in [0.5, 0.6) is 40.2 Å². The molecular formula is C23H20O7. The smallest absolute Gasteiger partial charge is 0.231 e. The molecule has 2 aliphatic heterocycles. The van der Waals surface area contributed by atoms with Crippen LogP contribution in [0, 0.1) is 6.92 Å². The van der Waals surface area contributed by atoms with Crippen molar-refractivity contribution in [3.05, 3.63) is 64.7 Å². The first kappa shape index (κ1) is 18.3. The fraction of sp³-hybridized carbons (Fsp3) is 0.217. The third-order valence-corrected chi connectivity index (χ3v) is 5.83. The van der Waals surface area contributed by atoms with E-state index in [0.717, 1.165) is 11.1 Å². The Balaban J connectivity index is 1.69. The van der Waals surface area contributed by atoms with Gasteiger partial charge in [-0.1, -0.05) is 12.1 Å². The van der Waals surface area contributed by atoms with Crippen LogP contribution in [0.3, 0.4) is 0 Å². The van der Waals surface area contributed by atoms with E-state index in [-0.39, 0.29) is 31.0 Å². The molecular weight excluding hydrogens is 388 g/mol. The van der Waals surface area contributed by atoms with Gasteiger partial charge in [-0.05, 0) is 48.4 Å². The predicted octanol–water partition coefficient (Wildman–Crippen LogP) is 3.85. The molecule has 0 amide bonds. The molecule has 2 aliphatic rings. The number of rotatable bonds is 2. The van der Waals surface area contributed by atoms with Crippen LogP contribution >= 0.6 is 0 Å². The zero-order chi connectivity index (χ0) is 21.0. The lowest BCUT2D eigenvalue weighted by Crippen LogP contribution is -2.25. The Morgan fingerprint density at radius 3 is 2.27 bits per heavy atom. The monoisotopic (exact) mass is 408 g/mol. The van der Waals surface area contributed by atoms with Gasteiger partial charge in [-0.25, -0.2) is 0 Å². The topological polar surface area (TPSA) is 109 Å². The van der Waals surface area contributed by atoms with Crippen molar-refractivity contribution in [2.75, 3.05) is 13.4 Å². The summed E-state index contributed by atoms with van der Waals surface area (Å²) in [6.07, 6.45) is 0. The highest BCUT2D eigenvalue weighted by atomic mass is 16.7. The summed E-state index contributed by atoms with van der Waals surface area (Å²) >= 11 is 0. The first-order valence-electron chi connectivity index (χ1n) is 9.53. The van der Waals surface area contributed by atoms with Gasteiger partial charge in [0, 0.05) is 23.0 Å². The molecule has 0 fully saturated rings. The molecule has 30 heavy (non-hydrogen) atoms. The third-order valence-electron chi connectivity index (χ3n) is 5.83. The summed E-state index contributed by atoms with van der Waals surface area (Å²) < 4.78 is 17.0. The van der Waals surface area contributed by atoms with E-state index in [2.05, 4.69) is 0 Å². The molecule has 0 aliphatic carbocycles. The zero-order valence-electron chi connectivity index (χ0n) is 16.1. The van der Waals surface area contributed by atoms with Crippen molar-refractivity contribution >= 4 is 0 Å². The lowest BCUT2D eigenvalue weighted by atomic mass is 9.75. The minimum Gasteiger partial charge on any atom is -0.508 e. The van der Waals surface area contributed by atoms with Crippen molar-refractivity contribution in [3.8, 4) is 40.2 Å². The molecule has 0 bridgehead atoms. The fourth-order valence-electron chi connectivity index (χ4n) is 4.27. The fourth-order valence-corrected chi connectivity index (χ4v) is 4.27. The van der Waals surface area contributed by atoms with Crippen LogP contribution in [0.1, 0.15) is 34.1 Å². The van der Waals surface area contributed by atoms with E-state index in [1.54, 1.807) is 13.0 Å². The van der Waals surface area contributed by atoms with Gasteiger partial charge in [0.05, 0.1) is 6.61 Å². The van der Waals surface area contributed by atoms with Crippen LogP contribution in [0.4, 0.5) is 0 Å². The molecule has 3 aromatic carbocycles. The first-order valence-corrected chi connectivity index (χ1v) is 9.53. The summed E-state index contributed by atoms with van der Waals surface area (Å²) in [7, 11) is 0. The minimum atomic E-state index is -0.559. The Morgan fingerprint density at radius 2 is 1.50 bits per heavy atom. The highest BCUT2D eigenvalue weighted by Crippen LogP contribution is 2.51. The molecule has 2 atom stereocenters. The van der Waals surface area contributed by atoms with Gasteiger partial charge in [0.15, 0.2) is 28.7 Å². The van der Waals surface area contributed by atoms with E-state index in [4.69, 9.17) is 14.2 Å². The molecule has 0 saturated heterocycles.